The number of aryl methyl sites for hydroxylation is 1. The van der Waals surface area contributed by atoms with Crippen molar-refractivity contribution in [1.82, 2.24) is 9.97 Å². The van der Waals surface area contributed by atoms with Gasteiger partial charge in [0, 0.05) is 32.4 Å². The summed E-state index contributed by atoms with van der Waals surface area (Å²) >= 11 is 0.0915. The third kappa shape index (κ3) is 6.60. The van der Waals surface area contributed by atoms with Crippen molar-refractivity contribution in [3.8, 4) is 22.5 Å². The van der Waals surface area contributed by atoms with Crippen molar-refractivity contribution >= 4 is 59.9 Å². The molecular weight excluding hydrogens is 793 g/mol. The van der Waals surface area contributed by atoms with Gasteiger partial charge < -0.3 is 4.98 Å². The third-order valence-electron chi connectivity index (χ3n) is 7.85. The van der Waals surface area contributed by atoms with Gasteiger partial charge in [-0.1, -0.05) is 55.1 Å². The van der Waals surface area contributed by atoms with Gasteiger partial charge in [0.25, 0.3) is 0 Å². The predicted octanol–water partition coefficient (Wildman–Crippen LogP) is 10.6. The van der Waals surface area contributed by atoms with Gasteiger partial charge in [0.05, 0.1) is 0 Å². The van der Waals surface area contributed by atoms with Gasteiger partial charge in [-0.3, -0.25) is 0 Å². The van der Waals surface area contributed by atoms with Crippen LogP contribution in [0, 0.1) is 19.1 Å². The van der Waals surface area contributed by atoms with E-state index in [-0.39, 0.29) is 20.1 Å². The molecule has 0 amide bonds. The Morgan fingerprint density at radius 1 is 0.795 bits per heavy atom. The standard InChI is InChI=1S/C25H20NS.C14H16GeN.Ir/c1-15(2)17-11-12-26-22(14-17)20-9-6-10-21-24-19-8-5-4-7-18(19)16(3)13-23(24)27-25(20)21;1-15(2,3)13-9-10-14(16-11-13)12-7-5-4-6-8-12;/h4-8,10-15H,1-3H3;4-7,9-11H,1-3H3;/q2*-1;/i15D;;. The van der Waals surface area contributed by atoms with Gasteiger partial charge in [0.15, 0.2) is 0 Å². The van der Waals surface area contributed by atoms with E-state index in [0.29, 0.717) is 0 Å². The molecule has 0 aliphatic rings. The van der Waals surface area contributed by atoms with Crippen molar-refractivity contribution in [2.24, 2.45) is 0 Å². The molecular formula is C39H36GeIrN2S-2. The molecule has 0 fully saturated rings. The average molecular weight is 831 g/mol. The zero-order valence-corrected chi connectivity index (χ0v) is 31.3. The summed E-state index contributed by atoms with van der Waals surface area (Å²) < 4.78 is 12.3. The monoisotopic (exact) mass is 832 g/mol. The number of nitrogens with zero attached hydrogens (tertiary/aromatic N) is 2. The van der Waals surface area contributed by atoms with E-state index in [1.165, 1.54) is 40.9 Å². The van der Waals surface area contributed by atoms with Crippen LogP contribution in [0.2, 0.25) is 17.3 Å². The van der Waals surface area contributed by atoms with Gasteiger partial charge in [-0.25, -0.2) is 0 Å². The van der Waals surface area contributed by atoms with Crippen molar-refractivity contribution in [3.63, 3.8) is 0 Å². The Hall–Kier alpha value is -3.15. The molecule has 0 unspecified atom stereocenters. The molecule has 0 spiro atoms. The Labute approximate surface area is 282 Å². The van der Waals surface area contributed by atoms with Crippen LogP contribution in [0.4, 0.5) is 0 Å². The molecule has 0 saturated heterocycles. The summed E-state index contributed by atoms with van der Waals surface area (Å²) in [5, 5.41) is 5.17. The Kier molecular flexibility index (Phi) is 9.44. The Morgan fingerprint density at radius 3 is 2.25 bits per heavy atom. The number of hydrogen-bond donors (Lipinski definition) is 0. The molecule has 7 aromatic rings. The van der Waals surface area contributed by atoms with E-state index in [1.807, 2.05) is 73.8 Å². The number of pyridine rings is 2. The van der Waals surface area contributed by atoms with Gasteiger partial charge in [-0.2, -0.15) is 11.3 Å². The summed E-state index contributed by atoms with van der Waals surface area (Å²) in [7, 11) is 0. The minimum absolute atomic E-state index is 0. The van der Waals surface area contributed by atoms with Crippen molar-refractivity contribution in [1.29, 1.82) is 0 Å². The minimum Gasteiger partial charge on any atom is 0 e. The number of fused-ring (bicyclic) bond motifs is 5. The molecule has 3 aromatic heterocycles. The van der Waals surface area contributed by atoms with Crippen LogP contribution in [0.3, 0.4) is 0 Å². The minimum atomic E-state index is -1.72. The SMILES string of the molecule is [2H]C(C)(C)c1ccnc(-c2[c-]ccc3c2sc2cc(C)c4ccccc4c23)c1.[CH3][Ge]([CH3])([CH3])[c]1ccc(-c2[c-]cccc2)nc1.[Ir]. The summed E-state index contributed by atoms with van der Waals surface area (Å²) in [4.78, 5) is 9.15. The fourth-order valence-electron chi connectivity index (χ4n) is 5.40. The molecule has 223 valence electrons. The zero-order chi connectivity index (χ0) is 31.1. The van der Waals surface area contributed by atoms with Crippen molar-refractivity contribution < 1.29 is 21.5 Å². The molecule has 5 heteroatoms. The second-order valence-corrected chi connectivity index (χ2v) is 23.9. The third-order valence-corrected chi connectivity index (χ3v) is 13.3. The van der Waals surface area contributed by atoms with E-state index < -0.39 is 19.2 Å². The summed E-state index contributed by atoms with van der Waals surface area (Å²) in [6.07, 6.45) is 3.84. The van der Waals surface area contributed by atoms with Crippen molar-refractivity contribution in [3.05, 3.63) is 127 Å². The van der Waals surface area contributed by atoms with E-state index in [0.717, 1.165) is 28.1 Å². The smallest absolute Gasteiger partial charge is 0 e. The predicted molar refractivity (Wildman–Crippen MR) is 189 cm³/mol. The first-order chi connectivity index (χ1) is 21.0. The summed E-state index contributed by atoms with van der Waals surface area (Å²) in [5.41, 5.74) is 6.25. The van der Waals surface area contributed by atoms with Gasteiger partial charge in [0.1, 0.15) is 0 Å². The van der Waals surface area contributed by atoms with Gasteiger partial charge in [-0.05, 0) is 57.1 Å². The van der Waals surface area contributed by atoms with E-state index in [9.17, 15) is 0 Å². The largest absolute Gasteiger partial charge is 0 e. The number of hydrogen-bond acceptors (Lipinski definition) is 3. The summed E-state index contributed by atoms with van der Waals surface area (Å²) in [5.74, 6) is 6.49. The van der Waals surface area contributed by atoms with E-state index in [4.69, 9.17) is 1.37 Å². The molecule has 0 atom stereocenters. The molecule has 4 aromatic carbocycles. The van der Waals surface area contributed by atoms with Gasteiger partial charge >= 0.3 is 99.8 Å². The molecule has 0 aliphatic heterocycles. The van der Waals surface area contributed by atoms with Crippen LogP contribution in [-0.2, 0) is 20.1 Å². The number of thiophene rings is 1. The molecule has 0 bridgehead atoms. The van der Waals surface area contributed by atoms with Gasteiger partial charge in [0.2, 0.25) is 0 Å². The second-order valence-electron chi connectivity index (χ2n) is 12.2. The Bertz CT molecular complexity index is 2090. The molecule has 2 nitrogen and oxygen atoms in total. The molecule has 0 saturated carbocycles. The molecule has 7 rings (SSSR count). The molecule has 44 heavy (non-hydrogen) atoms. The number of rotatable bonds is 4. The zero-order valence-electron chi connectivity index (χ0n) is 27.0. The topological polar surface area (TPSA) is 25.8 Å². The molecule has 0 aliphatic carbocycles. The maximum atomic E-state index is 8.36. The number of benzene rings is 4. The van der Waals surface area contributed by atoms with Crippen LogP contribution >= 0.6 is 11.3 Å². The second kappa shape index (κ2) is 13.5. The van der Waals surface area contributed by atoms with Crippen LogP contribution in [0.5, 0.6) is 0 Å². The van der Waals surface area contributed by atoms with Crippen LogP contribution in [0.15, 0.2) is 103 Å². The first kappa shape index (κ1) is 30.9. The molecule has 0 N–H and O–H groups in total. The summed E-state index contributed by atoms with van der Waals surface area (Å²) in [6, 6.07) is 38.0. The maximum Gasteiger partial charge on any atom is 0 e. The fraction of sp³-hybridized carbons (Fsp3) is 0.179. The summed E-state index contributed by atoms with van der Waals surface area (Å²) in [6.45, 7) is 6.00. The Balaban J connectivity index is 0.000000202. The first-order valence-corrected chi connectivity index (χ1v) is 22.8. The van der Waals surface area contributed by atoms with E-state index in [1.54, 1.807) is 6.20 Å². The molecule has 1 radical (unpaired) electrons. The Morgan fingerprint density at radius 2 is 1.57 bits per heavy atom. The van der Waals surface area contributed by atoms with Crippen molar-refractivity contribution in [2.45, 2.75) is 43.9 Å². The van der Waals surface area contributed by atoms with E-state index >= 15 is 0 Å². The van der Waals surface area contributed by atoms with Crippen LogP contribution in [0.25, 0.3) is 53.5 Å². The normalized spacial score (nSPS) is 12.0. The first-order valence-electron chi connectivity index (χ1n) is 15.2. The van der Waals surface area contributed by atoms with Crippen LogP contribution in [-0.4, -0.2) is 23.2 Å². The van der Waals surface area contributed by atoms with Crippen molar-refractivity contribution in [2.75, 3.05) is 0 Å². The molecule has 3 heterocycles. The quantitative estimate of drug-likeness (QED) is 0.130. The fourth-order valence-corrected chi connectivity index (χ4v) is 8.89. The van der Waals surface area contributed by atoms with Crippen LogP contribution in [0.1, 0.15) is 32.2 Å². The van der Waals surface area contributed by atoms with Crippen LogP contribution < -0.4 is 4.40 Å². The average Bonchev–Trinajstić information content (AvgIpc) is 3.40. The van der Waals surface area contributed by atoms with E-state index in [2.05, 4.69) is 94.8 Å². The van der Waals surface area contributed by atoms with Gasteiger partial charge in [-0.15, -0.1) is 23.8 Å². The maximum absolute atomic E-state index is 8.36. The number of aromatic nitrogens is 2.